The third-order valence-corrected chi connectivity index (χ3v) is 4.02. The van der Waals surface area contributed by atoms with Gasteiger partial charge in [-0.25, -0.2) is 14.6 Å². The second-order valence-corrected chi connectivity index (χ2v) is 5.52. The molecule has 0 unspecified atom stereocenters. The summed E-state index contributed by atoms with van der Waals surface area (Å²) in [6.45, 7) is 2.74. The van der Waals surface area contributed by atoms with Crippen molar-refractivity contribution in [2.45, 2.75) is 0 Å². The van der Waals surface area contributed by atoms with Crippen molar-refractivity contribution in [1.29, 1.82) is 0 Å². The number of hydrogen-bond acceptors (Lipinski definition) is 5. The molecule has 4 rings (SSSR count). The minimum atomic E-state index is -0.215. The topological polar surface area (TPSA) is 72.3 Å². The van der Waals surface area contributed by atoms with E-state index in [-0.39, 0.29) is 5.91 Å². The summed E-state index contributed by atoms with van der Waals surface area (Å²) in [5, 5.41) is 0. The van der Waals surface area contributed by atoms with E-state index >= 15 is 0 Å². The van der Waals surface area contributed by atoms with Gasteiger partial charge in [0.25, 0.3) is 5.91 Å². The largest absolute Gasteiger partial charge is 0.378 e. The van der Waals surface area contributed by atoms with Crippen molar-refractivity contribution in [2.75, 3.05) is 36.6 Å². The molecule has 1 aromatic carbocycles. The maximum Gasteiger partial charge on any atom is 0.273 e. The fourth-order valence-corrected chi connectivity index (χ4v) is 2.82. The summed E-state index contributed by atoms with van der Waals surface area (Å²) in [7, 11) is 0. The number of ether oxygens (including phenoxy) is 1. The first kappa shape index (κ1) is 14.6. The predicted octanol–water partition coefficient (Wildman–Crippen LogP) is 1.65. The Kier molecular flexibility index (Phi) is 3.84. The first-order valence-corrected chi connectivity index (χ1v) is 7.84. The molecule has 1 fully saturated rings. The molecule has 2 aromatic heterocycles. The highest BCUT2D eigenvalue weighted by Gasteiger charge is 2.20. The van der Waals surface area contributed by atoms with E-state index in [4.69, 9.17) is 4.74 Å². The fourth-order valence-electron chi connectivity index (χ4n) is 2.82. The smallest absolute Gasteiger partial charge is 0.273 e. The minimum Gasteiger partial charge on any atom is -0.378 e. The summed E-state index contributed by atoms with van der Waals surface area (Å²) in [5.74, 6) is 0.468. The maximum absolute atomic E-state index is 12.8. The number of amides is 1. The van der Waals surface area contributed by atoms with E-state index in [1.165, 1.54) is 0 Å². The Hall–Kier alpha value is -2.93. The van der Waals surface area contributed by atoms with Crippen molar-refractivity contribution in [3.63, 3.8) is 0 Å². The number of fused-ring (bicyclic) bond motifs is 1. The van der Waals surface area contributed by atoms with Crippen molar-refractivity contribution in [2.24, 2.45) is 0 Å². The monoisotopic (exact) mass is 323 g/mol. The van der Waals surface area contributed by atoms with Gasteiger partial charge in [0, 0.05) is 19.3 Å². The number of morpholine rings is 1. The molecule has 3 aromatic rings. The number of para-hydroxylation sites is 2. The van der Waals surface area contributed by atoms with E-state index in [2.05, 4.69) is 20.3 Å². The molecule has 0 saturated carbocycles. The summed E-state index contributed by atoms with van der Waals surface area (Å²) in [6.07, 6.45) is 3.31. The quantitative estimate of drug-likeness (QED) is 0.793. The third kappa shape index (κ3) is 2.69. The number of imidazole rings is 1. The second kappa shape index (κ2) is 6.29. The summed E-state index contributed by atoms with van der Waals surface area (Å²) in [4.78, 5) is 23.5. The van der Waals surface area contributed by atoms with Gasteiger partial charge in [-0.1, -0.05) is 12.1 Å². The first-order chi connectivity index (χ1) is 11.8. The van der Waals surface area contributed by atoms with Crippen molar-refractivity contribution < 1.29 is 9.53 Å². The van der Waals surface area contributed by atoms with Gasteiger partial charge < -0.3 is 9.64 Å². The van der Waals surface area contributed by atoms with Gasteiger partial charge in [-0.3, -0.25) is 10.2 Å². The van der Waals surface area contributed by atoms with Gasteiger partial charge in [-0.2, -0.15) is 0 Å². The van der Waals surface area contributed by atoms with Crippen LogP contribution in [-0.4, -0.2) is 46.9 Å². The number of carbonyl (C=O) groups is 1. The number of nitrogens with zero attached hydrogens (tertiary/aromatic N) is 4. The number of anilines is 1. The Morgan fingerprint density at radius 3 is 2.79 bits per heavy atom. The van der Waals surface area contributed by atoms with Gasteiger partial charge in [-0.05, 0) is 24.3 Å². The summed E-state index contributed by atoms with van der Waals surface area (Å²) in [6, 6.07) is 11.2. The standard InChI is InChI=1S/C17H17N5O2/c23-17(20-22-12-19-14-5-1-2-6-15(14)22)13-4-3-7-18-16(13)21-8-10-24-11-9-21/h1-7,12H,8-11H2,(H,20,23). The Balaban J connectivity index is 1.63. The molecule has 7 heteroatoms. The number of rotatable bonds is 3. The minimum absolute atomic E-state index is 0.215. The molecule has 7 nitrogen and oxygen atoms in total. The average Bonchev–Trinajstić information content (AvgIpc) is 3.05. The molecule has 1 aliphatic rings. The number of pyridine rings is 1. The second-order valence-electron chi connectivity index (χ2n) is 5.52. The molecule has 1 aliphatic heterocycles. The Morgan fingerprint density at radius 2 is 1.92 bits per heavy atom. The molecule has 0 atom stereocenters. The lowest BCUT2D eigenvalue weighted by molar-refractivity contribution is 0.101. The van der Waals surface area contributed by atoms with Crippen LogP contribution in [0.2, 0.25) is 0 Å². The zero-order valence-electron chi connectivity index (χ0n) is 13.1. The van der Waals surface area contributed by atoms with E-state index < -0.39 is 0 Å². The van der Waals surface area contributed by atoms with E-state index in [1.807, 2.05) is 24.3 Å². The van der Waals surface area contributed by atoms with Crippen LogP contribution in [0.3, 0.4) is 0 Å². The van der Waals surface area contributed by atoms with Crippen LogP contribution in [0.15, 0.2) is 48.9 Å². The van der Waals surface area contributed by atoms with Gasteiger partial charge in [0.1, 0.15) is 12.1 Å². The molecular formula is C17H17N5O2. The molecule has 1 saturated heterocycles. The van der Waals surface area contributed by atoms with Crippen LogP contribution in [0.5, 0.6) is 0 Å². The van der Waals surface area contributed by atoms with E-state index in [1.54, 1.807) is 29.3 Å². The highest BCUT2D eigenvalue weighted by molar-refractivity contribution is 6.04. The van der Waals surface area contributed by atoms with Gasteiger partial charge in [0.15, 0.2) is 0 Å². The lowest BCUT2D eigenvalue weighted by atomic mass is 10.2. The highest BCUT2D eigenvalue weighted by atomic mass is 16.5. The zero-order chi connectivity index (χ0) is 16.4. The summed E-state index contributed by atoms with van der Waals surface area (Å²) >= 11 is 0. The normalized spacial score (nSPS) is 14.8. The lowest BCUT2D eigenvalue weighted by Crippen LogP contribution is -2.38. The van der Waals surface area contributed by atoms with E-state index in [0.29, 0.717) is 24.6 Å². The van der Waals surface area contributed by atoms with E-state index in [9.17, 15) is 4.79 Å². The van der Waals surface area contributed by atoms with Crippen molar-refractivity contribution >= 4 is 22.8 Å². The Bertz CT molecular complexity index is 870. The van der Waals surface area contributed by atoms with Crippen LogP contribution in [0.25, 0.3) is 11.0 Å². The van der Waals surface area contributed by atoms with Gasteiger partial charge >= 0.3 is 0 Å². The van der Waals surface area contributed by atoms with Crippen LogP contribution < -0.4 is 10.3 Å². The molecule has 3 heterocycles. The van der Waals surface area contributed by atoms with Gasteiger partial charge in [0.05, 0.1) is 29.8 Å². The van der Waals surface area contributed by atoms with Gasteiger partial charge in [0.2, 0.25) is 0 Å². The SMILES string of the molecule is O=C(Nn1cnc2ccccc21)c1cccnc1N1CCOCC1. The Morgan fingerprint density at radius 1 is 1.08 bits per heavy atom. The maximum atomic E-state index is 12.8. The number of carbonyl (C=O) groups excluding carboxylic acids is 1. The van der Waals surface area contributed by atoms with E-state index in [0.717, 1.165) is 24.1 Å². The molecule has 1 amide bonds. The predicted molar refractivity (Wildman–Crippen MR) is 90.7 cm³/mol. The third-order valence-electron chi connectivity index (χ3n) is 4.02. The molecule has 0 spiro atoms. The highest BCUT2D eigenvalue weighted by Crippen LogP contribution is 2.19. The van der Waals surface area contributed by atoms with Crippen molar-refractivity contribution in [3.05, 3.63) is 54.5 Å². The summed E-state index contributed by atoms with van der Waals surface area (Å²) < 4.78 is 7.01. The van der Waals surface area contributed by atoms with Crippen LogP contribution in [0.4, 0.5) is 5.82 Å². The number of benzene rings is 1. The van der Waals surface area contributed by atoms with Crippen LogP contribution in [0.1, 0.15) is 10.4 Å². The van der Waals surface area contributed by atoms with Crippen LogP contribution in [-0.2, 0) is 4.74 Å². The first-order valence-electron chi connectivity index (χ1n) is 7.84. The molecule has 0 bridgehead atoms. The van der Waals surface area contributed by atoms with Crippen LogP contribution >= 0.6 is 0 Å². The van der Waals surface area contributed by atoms with Crippen molar-refractivity contribution in [1.82, 2.24) is 14.6 Å². The molecule has 24 heavy (non-hydrogen) atoms. The Labute approximate surface area is 138 Å². The number of aromatic nitrogens is 3. The fraction of sp³-hybridized carbons (Fsp3) is 0.235. The molecule has 0 radical (unpaired) electrons. The summed E-state index contributed by atoms with van der Waals surface area (Å²) in [5.41, 5.74) is 5.10. The zero-order valence-corrected chi connectivity index (χ0v) is 13.1. The molecular weight excluding hydrogens is 306 g/mol. The molecule has 0 aliphatic carbocycles. The van der Waals surface area contributed by atoms with Crippen molar-refractivity contribution in [3.8, 4) is 0 Å². The number of nitrogens with one attached hydrogen (secondary N) is 1. The van der Waals surface area contributed by atoms with Crippen LogP contribution in [0, 0.1) is 0 Å². The number of hydrogen-bond donors (Lipinski definition) is 1. The molecule has 122 valence electrons. The molecule has 1 N–H and O–H groups in total. The van der Waals surface area contributed by atoms with Gasteiger partial charge in [-0.15, -0.1) is 0 Å². The lowest BCUT2D eigenvalue weighted by Gasteiger charge is -2.29. The average molecular weight is 323 g/mol.